The van der Waals surface area contributed by atoms with Gasteiger partial charge in [0.05, 0.1) is 6.04 Å². The van der Waals surface area contributed by atoms with Crippen LogP contribution in [0.15, 0.2) is 30.3 Å². The van der Waals surface area contributed by atoms with Crippen LogP contribution in [0.25, 0.3) is 0 Å². The molecule has 2 heterocycles. The number of amides is 2. The zero-order valence-corrected chi connectivity index (χ0v) is 20.7. The molecule has 32 heavy (non-hydrogen) atoms. The number of carbonyl (C=O) groups is 2. The number of carbonyl (C=O) groups excluding carboxylic acids is 2. The average molecular weight is 442 g/mol. The third-order valence-electron chi connectivity index (χ3n) is 7.46. The maximum absolute atomic E-state index is 13.8. The van der Waals surface area contributed by atoms with Crippen LogP contribution in [0.1, 0.15) is 59.4 Å². The molecule has 0 unspecified atom stereocenters. The molecule has 2 aliphatic rings. The number of hydrogen-bond donors (Lipinski definition) is 1. The van der Waals surface area contributed by atoms with E-state index in [4.69, 9.17) is 0 Å². The Morgan fingerprint density at radius 3 is 2.28 bits per heavy atom. The van der Waals surface area contributed by atoms with Gasteiger partial charge in [-0.3, -0.25) is 9.59 Å². The van der Waals surface area contributed by atoms with Gasteiger partial charge < -0.3 is 15.1 Å². The van der Waals surface area contributed by atoms with Crippen molar-refractivity contribution in [2.24, 2.45) is 23.7 Å². The summed E-state index contributed by atoms with van der Waals surface area (Å²) >= 11 is 0. The van der Waals surface area contributed by atoms with Gasteiger partial charge >= 0.3 is 0 Å². The van der Waals surface area contributed by atoms with Gasteiger partial charge in [0.15, 0.2) is 0 Å². The minimum atomic E-state index is -0.357. The second-order valence-electron chi connectivity index (χ2n) is 10.7. The van der Waals surface area contributed by atoms with E-state index in [1.54, 1.807) is 0 Å². The highest BCUT2D eigenvalue weighted by molar-refractivity contribution is 5.90. The summed E-state index contributed by atoms with van der Waals surface area (Å²) in [6, 6.07) is 10.1. The van der Waals surface area contributed by atoms with Gasteiger partial charge in [-0.05, 0) is 54.9 Å². The summed E-state index contributed by atoms with van der Waals surface area (Å²) < 4.78 is 0. The van der Waals surface area contributed by atoms with E-state index >= 15 is 0 Å². The fraction of sp³-hybridized carbons (Fsp3) is 0.704. The number of likely N-dealkylation sites (tertiary alicyclic amines) is 1. The van der Waals surface area contributed by atoms with Gasteiger partial charge in [-0.25, -0.2) is 0 Å². The van der Waals surface area contributed by atoms with Crippen LogP contribution < -0.4 is 5.32 Å². The average Bonchev–Trinajstić information content (AvgIpc) is 2.77. The first-order valence-electron chi connectivity index (χ1n) is 12.6. The Balaban J connectivity index is 1.68. The Kier molecular flexibility index (Phi) is 8.75. The largest absolute Gasteiger partial charge is 0.341 e. The van der Waals surface area contributed by atoms with Crippen molar-refractivity contribution in [3.8, 4) is 0 Å². The molecule has 1 aromatic rings. The van der Waals surface area contributed by atoms with E-state index < -0.39 is 0 Å². The second-order valence-corrected chi connectivity index (χ2v) is 10.7. The van der Waals surface area contributed by atoms with Gasteiger partial charge in [-0.2, -0.15) is 0 Å². The predicted molar refractivity (Wildman–Crippen MR) is 130 cm³/mol. The van der Waals surface area contributed by atoms with Crippen LogP contribution in [-0.2, 0) is 16.0 Å². The quantitative estimate of drug-likeness (QED) is 0.664. The zero-order chi connectivity index (χ0) is 23.3. The zero-order valence-electron chi connectivity index (χ0n) is 20.7. The van der Waals surface area contributed by atoms with Gasteiger partial charge in [0.1, 0.15) is 6.04 Å². The monoisotopic (exact) mass is 441 g/mol. The maximum atomic E-state index is 13.8. The third kappa shape index (κ3) is 6.12. The molecule has 1 aromatic carbocycles. The molecule has 2 saturated heterocycles. The molecule has 0 bridgehead atoms. The molecule has 0 aromatic heterocycles. The van der Waals surface area contributed by atoms with Crippen LogP contribution in [-0.4, -0.2) is 59.9 Å². The molecule has 3 atom stereocenters. The smallest absolute Gasteiger partial charge is 0.245 e. The number of rotatable bonds is 8. The van der Waals surface area contributed by atoms with Crippen LogP contribution in [0.2, 0.25) is 0 Å². The normalized spacial score (nSPS) is 22.5. The lowest BCUT2D eigenvalue weighted by atomic mass is 9.85. The van der Waals surface area contributed by atoms with Crippen molar-refractivity contribution in [3.05, 3.63) is 35.9 Å². The lowest BCUT2D eigenvalue weighted by Crippen LogP contribution is -2.63. The fourth-order valence-corrected chi connectivity index (χ4v) is 5.19. The van der Waals surface area contributed by atoms with Crippen molar-refractivity contribution in [1.82, 2.24) is 15.1 Å². The lowest BCUT2D eigenvalue weighted by Gasteiger charge is -2.44. The first-order chi connectivity index (χ1) is 15.3. The van der Waals surface area contributed by atoms with Crippen molar-refractivity contribution in [2.75, 3.05) is 26.2 Å². The molecule has 2 aliphatic heterocycles. The van der Waals surface area contributed by atoms with Gasteiger partial charge in [0.25, 0.3) is 0 Å². The second kappa shape index (κ2) is 11.3. The van der Waals surface area contributed by atoms with Crippen LogP contribution in [0.3, 0.4) is 0 Å². The van der Waals surface area contributed by atoms with E-state index in [2.05, 4.69) is 70.3 Å². The Hall–Kier alpha value is -1.88. The molecule has 178 valence electrons. The van der Waals surface area contributed by atoms with Crippen molar-refractivity contribution >= 4 is 11.8 Å². The van der Waals surface area contributed by atoms with E-state index in [0.717, 1.165) is 45.3 Å². The van der Waals surface area contributed by atoms with E-state index in [1.165, 1.54) is 5.56 Å². The predicted octanol–water partition coefficient (Wildman–Crippen LogP) is 3.97. The standard InChI is InChI=1S/C27H43N3O2/c1-19(2)17-24-26(31)30(16-13-28-24)25(21(5)20(3)4)27(32)29-14-11-23(12-15-29)18-22-9-7-6-8-10-22/h6-10,19-21,23-25,28H,11-18H2,1-5H3/t21-,24-,25-/m0/s1. The SMILES string of the molecule is CC(C)C[C@@H]1NCCN([C@H](C(=O)N2CCC(Cc3ccccc3)CC2)[C@@H](C)C(C)C)C1=O. The van der Waals surface area contributed by atoms with Crippen LogP contribution in [0.4, 0.5) is 0 Å². The van der Waals surface area contributed by atoms with Crippen LogP contribution in [0, 0.1) is 23.7 Å². The molecule has 5 nitrogen and oxygen atoms in total. The topological polar surface area (TPSA) is 52.7 Å². The number of nitrogens with zero attached hydrogens (tertiary/aromatic N) is 2. The minimum absolute atomic E-state index is 0.106. The van der Waals surface area contributed by atoms with Gasteiger partial charge in [-0.15, -0.1) is 0 Å². The molecule has 0 spiro atoms. The molecule has 5 heteroatoms. The van der Waals surface area contributed by atoms with Gasteiger partial charge in [0.2, 0.25) is 11.8 Å². The highest BCUT2D eigenvalue weighted by Crippen LogP contribution is 2.28. The molecular formula is C27H43N3O2. The lowest BCUT2D eigenvalue weighted by molar-refractivity contribution is -0.152. The molecule has 3 rings (SSSR count). The molecule has 2 amide bonds. The Bertz CT molecular complexity index is 741. The molecule has 0 aliphatic carbocycles. The summed E-state index contributed by atoms with van der Waals surface area (Å²) in [5, 5.41) is 3.38. The van der Waals surface area contributed by atoms with Gasteiger partial charge in [-0.1, -0.05) is 65.0 Å². The summed E-state index contributed by atoms with van der Waals surface area (Å²) in [7, 11) is 0. The molecule has 2 fully saturated rings. The van der Waals surface area contributed by atoms with Crippen molar-refractivity contribution in [3.63, 3.8) is 0 Å². The molecular weight excluding hydrogens is 398 g/mol. The Morgan fingerprint density at radius 1 is 1.03 bits per heavy atom. The van der Waals surface area contributed by atoms with Crippen molar-refractivity contribution < 1.29 is 9.59 Å². The Morgan fingerprint density at radius 2 is 1.69 bits per heavy atom. The number of nitrogens with one attached hydrogen (secondary N) is 1. The number of benzene rings is 1. The first kappa shape index (κ1) is 24.8. The van der Waals surface area contributed by atoms with E-state index in [1.807, 2.05) is 9.80 Å². The van der Waals surface area contributed by atoms with Crippen molar-refractivity contribution in [2.45, 2.75) is 72.4 Å². The molecule has 0 saturated carbocycles. The Labute approximate surface area is 194 Å². The number of piperidine rings is 1. The molecule has 0 radical (unpaired) electrons. The number of piperazine rings is 1. The highest BCUT2D eigenvalue weighted by atomic mass is 16.2. The van der Waals surface area contributed by atoms with Gasteiger partial charge in [0, 0.05) is 26.2 Å². The maximum Gasteiger partial charge on any atom is 0.245 e. The van der Waals surface area contributed by atoms with E-state index in [-0.39, 0.29) is 29.8 Å². The summed E-state index contributed by atoms with van der Waals surface area (Å²) in [5.41, 5.74) is 1.38. The summed E-state index contributed by atoms with van der Waals surface area (Å²) in [5.74, 6) is 1.80. The third-order valence-corrected chi connectivity index (χ3v) is 7.46. The summed E-state index contributed by atoms with van der Waals surface area (Å²) in [6.45, 7) is 13.7. The summed E-state index contributed by atoms with van der Waals surface area (Å²) in [6.07, 6.45) is 3.98. The summed E-state index contributed by atoms with van der Waals surface area (Å²) in [4.78, 5) is 31.1. The first-order valence-corrected chi connectivity index (χ1v) is 12.6. The highest BCUT2D eigenvalue weighted by Gasteiger charge is 2.42. The minimum Gasteiger partial charge on any atom is -0.341 e. The van der Waals surface area contributed by atoms with Crippen LogP contribution >= 0.6 is 0 Å². The van der Waals surface area contributed by atoms with Crippen LogP contribution in [0.5, 0.6) is 0 Å². The van der Waals surface area contributed by atoms with Crippen molar-refractivity contribution in [1.29, 1.82) is 0 Å². The fourth-order valence-electron chi connectivity index (χ4n) is 5.19. The van der Waals surface area contributed by atoms with E-state index in [9.17, 15) is 9.59 Å². The van der Waals surface area contributed by atoms with E-state index in [0.29, 0.717) is 24.3 Å². The number of hydrogen-bond acceptors (Lipinski definition) is 3. The molecule has 1 N–H and O–H groups in total.